The minimum absolute atomic E-state index is 0.538. The van der Waals surface area contributed by atoms with Gasteiger partial charge in [0.05, 0.1) is 18.7 Å². The van der Waals surface area contributed by atoms with Gasteiger partial charge in [-0.15, -0.1) is 0 Å². The highest BCUT2D eigenvalue weighted by atomic mass is 35.5. The molecule has 1 aliphatic rings. The van der Waals surface area contributed by atoms with E-state index in [1.165, 1.54) is 5.56 Å². The number of benzene rings is 2. The second-order valence-corrected chi connectivity index (χ2v) is 8.28. The number of nitrogens with one attached hydrogen (secondary N) is 3. The second kappa shape index (κ2) is 10.6. The molecule has 0 spiro atoms. The quantitative estimate of drug-likeness (QED) is 0.472. The van der Waals surface area contributed by atoms with Crippen molar-refractivity contribution < 1.29 is 4.74 Å². The fourth-order valence-corrected chi connectivity index (χ4v) is 3.85. The van der Waals surface area contributed by atoms with Crippen LogP contribution in [0.2, 0.25) is 5.02 Å². The molecule has 2 aromatic carbocycles. The highest BCUT2D eigenvalue weighted by Gasteiger charge is 2.11. The SMILES string of the molecule is COc1cc(Nc2nc(CNc3cccc(CN4CCNCC4)c3)ncc2C)ccc1Cl. The molecular formula is C24H29ClN6O. The van der Waals surface area contributed by atoms with Crippen molar-refractivity contribution >= 4 is 28.8 Å². The Kier molecular flexibility index (Phi) is 7.42. The van der Waals surface area contributed by atoms with Gasteiger partial charge in [0, 0.05) is 61.9 Å². The first-order valence-electron chi connectivity index (χ1n) is 10.8. The van der Waals surface area contributed by atoms with Gasteiger partial charge in [0.25, 0.3) is 0 Å². The normalized spacial score (nSPS) is 14.2. The van der Waals surface area contributed by atoms with E-state index in [2.05, 4.69) is 50.1 Å². The minimum atomic E-state index is 0.538. The van der Waals surface area contributed by atoms with Gasteiger partial charge in [-0.1, -0.05) is 23.7 Å². The molecule has 8 heteroatoms. The van der Waals surface area contributed by atoms with Crippen molar-refractivity contribution in [2.24, 2.45) is 0 Å². The van der Waals surface area contributed by atoms with Crippen molar-refractivity contribution in [1.82, 2.24) is 20.2 Å². The lowest BCUT2D eigenvalue weighted by Gasteiger charge is -2.27. The predicted molar refractivity (Wildman–Crippen MR) is 130 cm³/mol. The number of piperazine rings is 1. The van der Waals surface area contributed by atoms with Crippen LogP contribution in [-0.4, -0.2) is 48.2 Å². The number of aromatic nitrogens is 2. The van der Waals surface area contributed by atoms with Crippen LogP contribution < -0.4 is 20.7 Å². The third-order valence-corrected chi connectivity index (χ3v) is 5.74. The summed E-state index contributed by atoms with van der Waals surface area (Å²) in [4.78, 5) is 11.7. The van der Waals surface area contributed by atoms with Crippen LogP contribution in [0.3, 0.4) is 0 Å². The molecular weight excluding hydrogens is 424 g/mol. The van der Waals surface area contributed by atoms with Gasteiger partial charge in [-0.05, 0) is 36.8 Å². The Balaban J connectivity index is 1.40. The molecule has 1 saturated heterocycles. The predicted octanol–water partition coefficient (Wildman–Crippen LogP) is 4.21. The summed E-state index contributed by atoms with van der Waals surface area (Å²) in [6.45, 7) is 7.77. The number of aryl methyl sites for hydroxylation is 1. The number of halogens is 1. The number of nitrogens with zero attached hydrogens (tertiary/aromatic N) is 3. The highest BCUT2D eigenvalue weighted by molar-refractivity contribution is 6.32. The summed E-state index contributed by atoms with van der Waals surface area (Å²) in [5.41, 5.74) is 4.19. The molecule has 0 bridgehead atoms. The Morgan fingerprint density at radius 3 is 2.78 bits per heavy atom. The minimum Gasteiger partial charge on any atom is -0.495 e. The highest BCUT2D eigenvalue weighted by Crippen LogP contribution is 2.29. The molecule has 0 unspecified atom stereocenters. The number of methoxy groups -OCH3 is 1. The molecule has 0 atom stereocenters. The number of anilines is 3. The van der Waals surface area contributed by atoms with Gasteiger partial charge in [-0.3, -0.25) is 4.90 Å². The van der Waals surface area contributed by atoms with E-state index in [-0.39, 0.29) is 0 Å². The molecule has 4 rings (SSSR count). The molecule has 0 saturated carbocycles. The van der Waals surface area contributed by atoms with Crippen LogP contribution in [0.1, 0.15) is 17.0 Å². The van der Waals surface area contributed by atoms with Gasteiger partial charge in [0.1, 0.15) is 17.4 Å². The third-order valence-electron chi connectivity index (χ3n) is 5.43. The second-order valence-electron chi connectivity index (χ2n) is 7.87. The van der Waals surface area contributed by atoms with Crippen molar-refractivity contribution in [1.29, 1.82) is 0 Å². The largest absolute Gasteiger partial charge is 0.495 e. The number of hydrogen-bond donors (Lipinski definition) is 3. The van der Waals surface area contributed by atoms with E-state index >= 15 is 0 Å². The zero-order valence-electron chi connectivity index (χ0n) is 18.5. The van der Waals surface area contributed by atoms with Gasteiger partial charge in [-0.25, -0.2) is 9.97 Å². The summed E-state index contributed by atoms with van der Waals surface area (Å²) in [5.74, 6) is 2.09. The van der Waals surface area contributed by atoms with Gasteiger partial charge < -0.3 is 20.7 Å². The van der Waals surface area contributed by atoms with Crippen molar-refractivity contribution in [2.45, 2.75) is 20.0 Å². The van der Waals surface area contributed by atoms with Crippen LogP contribution >= 0.6 is 11.6 Å². The first-order chi connectivity index (χ1) is 15.6. The van der Waals surface area contributed by atoms with Crippen molar-refractivity contribution in [3.05, 3.63) is 70.6 Å². The average molecular weight is 453 g/mol. The van der Waals surface area contributed by atoms with E-state index in [0.29, 0.717) is 23.1 Å². The van der Waals surface area contributed by atoms with Crippen LogP contribution in [-0.2, 0) is 13.1 Å². The van der Waals surface area contributed by atoms with Crippen LogP contribution in [0, 0.1) is 6.92 Å². The summed E-state index contributed by atoms with van der Waals surface area (Å²) < 4.78 is 5.30. The Hall–Kier alpha value is -2.87. The fraction of sp³-hybridized carbons (Fsp3) is 0.333. The van der Waals surface area contributed by atoms with Crippen molar-refractivity contribution in [2.75, 3.05) is 43.9 Å². The van der Waals surface area contributed by atoms with Crippen LogP contribution in [0.25, 0.3) is 0 Å². The molecule has 0 amide bonds. The fourth-order valence-electron chi connectivity index (χ4n) is 3.65. The maximum atomic E-state index is 6.13. The Morgan fingerprint density at radius 1 is 1.12 bits per heavy atom. The van der Waals surface area contributed by atoms with Crippen LogP contribution in [0.5, 0.6) is 5.75 Å². The summed E-state index contributed by atoms with van der Waals surface area (Å²) in [5, 5.41) is 10.8. The van der Waals surface area contributed by atoms with Gasteiger partial charge in [0.15, 0.2) is 0 Å². The maximum Gasteiger partial charge on any atom is 0.149 e. The molecule has 1 fully saturated rings. The zero-order valence-corrected chi connectivity index (χ0v) is 19.2. The summed E-state index contributed by atoms with van der Waals surface area (Å²) in [6.07, 6.45) is 1.83. The lowest BCUT2D eigenvalue weighted by atomic mass is 10.1. The van der Waals surface area contributed by atoms with E-state index < -0.39 is 0 Å². The van der Waals surface area contributed by atoms with Crippen LogP contribution in [0.15, 0.2) is 48.7 Å². The van der Waals surface area contributed by atoms with Crippen molar-refractivity contribution in [3.8, 4) is 5.75 Å². The van der Waals surface area contributed by atoms with Gasteiger partial charge in [-0.2, -0.15) is 0 Å². The number of hydrogen-bond acceptors (Lipinski definition) is 7. The summed E-state index contributed by atoms with van der Waals surface area (Å²) in [6, 6.07) is 14.1. The lowest BCUT2D eigenvalue weighted by molar-refractivity contribution is 0.233. The van der Waals surface area contributed by atoms with Crippen molar-refractivity contribution in [3.63, 3.8) is 0 Å². The van der Waals surface area contributed by atoms with E-state index in [1.807, 2.05) is 25.3 Å². The molecule has 1 aliphatic heterocycles. The maximum absolute atomic E-state index is 6.13. The summed E-state index contributed by atoms with van der Waals surface area (Å²) >= 11 is 6.13. The molecule has 3 aromatic rings. The molecule has 0 radical (unpaired) electrons. The molecule has 0 aliphatic carbocycles. The molecule has 32 heavy (non-hydrogen) atoms. The van der Waals surface area contributed by atoms with Gasteiger partial charge in [0.2, 0.25) is 0 Å². The standard InChI is InChI=1S/C24H29ClN6O/c1-17-14-28-23(30-24(17)29-20-6-7-21(25)22(13-20)32-2)15-27-19-5-3-4-18(12-19)16-31-10-8-26-9-11-31/h3-7,12-14,26-27H,8-11,15-16H2,1-2H3,(H,28,29,30). The van der Waals surface area contributed by atoms with E-state index in [4.69, 9.17) is 21.3 Å². The zero-order chi connectivity index (χ0) is 22.3. The summed E-state index contributed by atoms with van der Waals surface area (Å²) in [7, 11) is 1.60. The smallest absolute Gasteiger partial charge is 0.149 e. The van der Waals surface area contributed by atoms with Gasteiger partial charge >= 0.3 is 0 Å². The topological polar surface area (TPSA) is 74.3 Å². The number of ether oxygens (including phenoxy) is 1. The molecule has 7 nitrogen and oxygen atoms in total. The Labute approximate surface area is 194 Å². The molecule has 2 heterocycles. The molecule has 168 valence electrons. The third kappa shape index (κ3) is 5.88. The first-order valence-corrected chi connectivity index (χ1v) is 11.2. The average Bonchev–Trinajstić information content (AvgIpc) is 2.81. The van der Waals surface area contributed by atoms with Crippen LogP contribution in [0.4, 0.5) is 17.2 Å². The Bertz CT molecular complexity index is 1050. The van der Waals surface area contributed by atoms with E-state index in [1.54, 1.807) is 13.2 Å². The number of rotatable bonds is 8. The first kappa shape index (κ1) is 22.3. The lowest BCUT2D eigenvalue weighted by Crippen LogP contribution is -2.42. The van der Waals surface area contributed by atoms with E-state index in [0.717, 1.165) is 55.5 Å². The Morgan fingerprint density at radius 2 is 1.97 bits per heavy atom. The molecule has 3 N–H and O–H groups in total. The van der Waals surface area contributed by atoms with E-state index in [9.17, 15) is 0 Å². The monoisotopic (exact) mass is 452 g/mol. The molecule has 1 aromatic heterocycles.